The lowest BCUT2D eigenvalue weighted by Gasteiger charge is -2.23. The highest BCUT2D eigenvalue weighted by molar-refractivity contribution is 5.82. The van der Waals surface area contributed by atoms with Crippen LogP contribution in [0, 0.1) is 16.7 Å². The lowest BCUT2D eigenvalue weighted by molar-refractivity contribution is -0.128. The molecule has 0 aromatic carbocycles. The van der Waals surface area contributed by atoms with Crippen molar-refractivity contribution in [3.8, 4) is 6.07 Å². The van der Waals surface area contributed by atoms with Gasteiger partial charge in [-0.25, -0.2) is 4.98 Å². The molecule has 1 amide bonds. The lowest BCUT2D eigenvalue weighted by atomic mass is 9.92. The summed E-state index contributed by atoms with van der Waals surface area (Å²) >= 11 is 0. The molecule has 17 heavy (non-hydrogen) atoms. The molecule has 1 rings (SSSR count). The Morgan fingerprint density at radius 3 is 2.88 bits per heavy atom. The minimum absolute atomic E-state index is 0.0282. The van der Waals surface area contributed by atoms with Crippen molar-refractivity contribution >= 4 is 11.6 Å². The van der Waals surface area contributed by atoms with Gasteiger partial charge in [-0.1, -0.05) is 0 Å². The molecule has 2 N–H and O–H groups in total. The van der Waals surface area contributed by atoms with Crippen LogP contribution in [0.1, 0.15) is 19.5 Å². The smallest absolute Gasteiger partial charge is 0.227 e. The van der Waals surface area contributed by atoms with Gasteiger partial charge in [0, 0.05) is 25.5 Å². The highest BCUT2D eigenvalue weighted by Crippen LogP contribution is 2.17. The summed E-state index contributed by atoms with van der Waals surface area (Å²) in [5, 5.41) is 14.5. The van der Waals surface area contributed by atoms with E-state index in [1.807, 2.05) is 19.9 Å². The zero-order valence-electron chi connectivity index (χ0n) is 10.2. The minimum Gasteiger partial charge on any atom is -0.384 e. The number of hydrogen-bond donors (Lipinski definition) is 2. The Morgan fingerprint density at radius 2 is 2.29 bits per heavy atom. The van der Waals surface area contributed by atoms with Gasteiger partial charge in [0.1, 0.15) is 11.8 Å². The van der Waals surface area contributed by atoms with Crippen LogP contribution in [0.2, 0.25) is 0 Å². The third kappa shape index (κ3) is 3.45. The van der Waals surface area contributed by atoms with Gasteiger partial charge < -0.3 is 10.6 Å². The first-order valence-electron chi connectivity index (χ1n) is 5.32. The van der Waals surface area contributed by atoms with E-state index in [9.17, 15) is 4.79 Å². The van der Waals surface area contributed by atoms with E-state index in [-0.39, 0.29) is 5.91 Å². The Bertz CT molecular complexity index is 448. The SMILES string of the molecule is CNC(=O)C(C)(C)CNc1ccnc(C#N)c1. The number of rotatable bonds is 4. The molecule has 5 heteroatoms. The average molecular weight is 232 g/mol. The average Bonchev–Trinajstić information content (AvgIpc) is 2.35. The van der Waals surface area contributed by atoms with E-state index in [1.54, 1.807) is 25.4 Å². The monoisotopic (exact) mass is 232 g/mol. The van der Waals surface area contributed by atoms with Crippen molar-refractivity contribution in [2.45, 2.75) is 13.8 Å². The number of pyridine rings is 1. The van der Waals surface area contributed by atoms with Gasteiger partial charge in [0.2, 0.25) is 5.91 Å². The second kappa shape index (κ2) is 5.30. The van der Waals surface area contributed by atoms with Gasteiger partial charge in [-0.05, 0) is 26.0 Å². The Morgan fingerprint density at radius 1 is 1.59 bits per heavy atom. The maximum absolute atomic E-state index is 11.6. The molecule has 0 fully saturated rings. The highest BCUT2D eigenvalue weighted by Gasteiger charge is 2.26. The number of aromatic nitrogens is 1. The summed E-state index contributed by atoms with van der Waals surface area (Å²) in [5.41, 5.74) is 0.631. The van der Waals surface area contributed by atoms with Crippen molar-refractivity contribution in [2.75, 3.05) is 18.9 Å². The van der Waals surface area contributed by atoms with E-state index >= 15 is 0 Å². The van der Waals surface area contributed by atoms with Crippen LogP contribution < -0.4 is 10.6 Å². The summed E-state index contributed by atoms with van der Waals surface area (Å²) in [6.07, 6.45) is 1.56. The Balaban J connectivity index is 2.67. The number of carbonyl (C=O) groups excluding carboxylic acids is 1. The number of nitrogens with zero attached hydrogens (tertiary/aromatic N) is 2. The predicted molar refractivity (Wildman–Crippen MR) is 65.3 cm³/mol. The number of nitriles is 1. The molecule has 0 radical (unpaired) electrons. The molecule has 0 saturated carbocycles. The van der Waals surface area contributed by atoms with Crippen LogP contribution >= 0.6 is 0 Å². The molecule has 0 saturated heterocycles. The summed E-state index contributed by atoms with van der Waals surface area (Å²) in [5.74, 6) is -0.0282. The highest BCUT2D eigenvalue weighted by atomic mass is 16.2. The standard InChI is InChI=1S/C12H16N4O/c1-12(2,11(17)14-3)8-16-9-4-5-15-10(6-9)7-13/h4-6H,8H2,1-3H3,(H,14,17)(H,15,16). The van der Waals surface area contributed by atoms with Crippen molar-refractivity contribution in [1.82, 2.24) is 10.3 Å². The summed E-state index contributed by atoms with van der Waals surface area (Å²) < 4.78 is 0. The van der Waals surface area contributed by atoms with Crippen LogP contribution in [-0.2, 0) is 4.79 Å². The van der Waals surface area contributed by atoms with Crippen LogP contribution in [0.15, 0.2) is 18.3 Å². The van der Waals surface area contributed by atoms with Gasteiger partial charge in [0.15, 0.2) is 0 Å². The third-order valence-electron chi connectivity index (χ3n) is 2.45. The molecule has 0 spiro atoms. The van der Waals surface area contributed by atoms with Crippen molar-refractivity contribution in [1.29, 1.82) is 5.26 Å². The summed E-state index contributed by atoms with van der Waals surface area (Å²) in [6.45, 7) is 4.19. The molecule has 1 aromatic rings. The molecule has 1 aromatic heterocycles. The zero-order valence-corrected chi connectivity index (χ0v) is 10.2. The topological polar surface area (TPSA) is 77.8 Å². The van der Waals surface area contributed by atoms with Gasteiger partial charge in [0.25, 0.3) is 0 Å². The van der Waals surface area contributed by atoms with Gasteiger partial charge in [0.05, 0.1) is 5.41 Å². The van der Waals surface area contributed by atoms with Crippen LogP contribution in [0.4, 0.5) is 5.69 Å². The maximum Gasteiger partial charge on any atom is 0.227 e. The van der Waals surface area contributed by atoms with Gasteiger partial charge in [-0.2, -0.15) is 5.26 Å². The number of amides is 1. The fourth-order valence-electron chi connectivity index (χ4n) is 1.34. The van der Waals surface area contributed by atoms with Crippen LogP contribution in [-0.4, -0.2) is 24.5 Å². The number of nitrogens with one attached hydrogen (secondary N) is 2. The lowest BCUT2D eigenvalue weighted by Crippen LogP contribution is -2.39. The first kappa shape index (κ1) is 13.0. The number of carbonyl (C=O) groups is 1. The molecule has 0 aliphatic carbocycles. The van der Waals surface area contributed by atoms with E-state index in [0.717, 1.165) is 5.69 Å². The second-order valence-electron chi connectivity index (χ2n) is 4.36. The van der Waals surface area contributed by atoms with E-state index in [0.29, 0.717) is 12.2 Å². The van der Waals surface area contributed by atoms with E-state index < -0.39 is 5.41 Å². The molecule has 0 aliphatic heterocycles. The molecule has 5 nitrogen and oxygen atoms in total. The maximum atomic E-state index is 11.6. The first-order chi connectivity index (χ1) is 7.99. The van der Waals surface area contributed by atoms with Crippen LogP contribution in [0.25, 0.3) is 0 Å². The third-order valence-corrected chi connectivity index (χ3v) is 2.45. The molecule has 0 aliphatic rings. The first-order valence-corrected chi connectivity index (χ1v) is 5.32. The van der Waals surface area contributed by atoms with E-state index in [4.69, 9.17) is 5.26 Å². The van der Waals surface area contributed by atoms with Crippen LogP contribution in [0.5, 0.6) is 0 Å². The Kier molecular flexibility index (Phi) is 4.05. The fourth-order valence-corrected chi connectivity index (χ4v) is 1.34. The quantitative estimate of drug-likeness (QED) is 0.816. The van der Waals surface area contributed by atoms with Crippen molar-refractivity contribution in [3.63, 3.8) is 0 Å². The fraction of sp³-hybridized carbons (Fsp3) is 0.417. The predicted octanol–water partition coefficient (Wildman–Crippen LogP) is 1.14. The van der Waals surface area contributed by atoms with Crippen molar-refractivity contribution < 1.29 is 4.79 Å². The molecule has 0 unspecified atom stereocenters. The summed E-state index contributed by atoms with van der Waals surface area (Å²) in [7, 11) is 1.62. The molecule has 0 atom stereocenters. The van der Waals surface area contributed by atoms with Crippen molar-refractivity contribution in [2.24, 2.45) is 5.41 Å². The van der Waals surface area contributed by atoms with Gasteiger partial charge in [-0.15, -0.1) is 0 Å². The molecule has 0 bridgehead atoms. The molecule has 90 valence electrons. The number of anilines is 1. The van der Waals surface area contributed by atoms with Gasteiger partial charge >= 0.3 is 0 Å². The normalized spacial score (nSPS) is 10.5. The Labute approximate surface area is 101 Å². The van der Waals surface area contributed by atoms with E-state index in [2.05, 4.69) is 15.6 Å². The Hall–Kier alpha value is -2.09. The molecule has 1 heterocycles. The summed E-state index contributed by atoms with van der Waals surface area (Å²) in [6, 6.07) is 5.39. The molecular weight excluding hydrogens is 216 g/mol. The summed E-state index contributed by atoms with van der Waals surface area (Å²) in [4.78, 5) is 15.4. The minimum atomic E-state index is -0.509. The number of hydrogen-bond acceptors (Lipinski definition) is 4. The molecular formula is C12H16N4O. The zero-order chi connectivity index (χ0) is 12.9. The van der Waals surface area contributed by atoms with E-state index in [1.165, 1.54) is 0 Å². The largest absolute Gasteiger partial charge is 0.384 e. The van der Waals surface area contributed by atoms with Crippen molar-refractivity contribution in [3.05, 3.63) is 24.0 Å². The second-order valence-corrected chi connectivity index (χ2v) is 4.36. The van der Waals surface area contributed by atoms with Gasteiger partial charge in [-0.3, -0.25) is 4.79 Å². The van der Waals surface area contributed by atoms with Crippen LogP contribution in [0.3, 0.4) is 0 Å².